The molecule has 1 aliphatic heterocycles. The van der Waals surface area contributed by atoms with E-state index in [9.17, 15) is 18.7 Å². The Morgan fingerprint density at radius 2 is 1.78 bits per heavy atom. The summed E-state index contributed by atoms with van der Waals surface area (Å²) in [4.78, 5) is 22.1. The lowest BCUT2D eigenvalue weighted by Gasteiger charge is -2.31. The van der Waals surface area contributed by atoms with Gasteiger partial charge in [0.1, 0.15) is 5.75 Å². The van der Waals surface area contributed by atoms with E-state index < -0.39 is 39.4 Å². The van der Waals surface area contributed by atoms with Crippen LogP contribution in [0.4, 0.5) is 5.69 Å². The molecule has 0 unspecified atom stereocenters. The summed E-state index contributed by atoms with van der Waals surface area (Å²) in [6.45, 7) is 0.268. The average Bonchev–Trinajstić information content (AvgIpc) is 3.46. The van der Waals surface area contributed by atoms with Crippen LogP contribution in [-0.2, 0) is 28.8 Å². The SMILES string of the molecule is COC(CNC(=O)[C@]1(CCS(=O)(=O)c2ccccc2)N=C(c2ccc(OCCCO)cc2)O[C@@H]1c1ccccc1N=[N+]=[N-])OC. The van der Waals surface area contributed by atoms with Crippen LogP contribution >= 0.6 is 0 Å². The lowest BCUT2D eigenvalue weighted by molar-refractivity contribution is -0.134. The monoisotopic (exact) mass is 637 g/mol. The number of rotatable bonds is 16. The van der Waals surface area contributed by atoms with Gasteiger partial charge in [-0.3, -0.25) is 4.79 Å². The molecule has 0 fully saturated rings. The maximum Gasteiger partial charge on any atom is 0.252 e. The number of nitrogens with one attached hydrogen (secondary N) is 1. The smallest absolute Gasteiger partial charge is 0.252 e. The number of hydrogen-bond acceptors (Lipinski definition) is 10. The Hall–Kier alpha value is -4.46. The molecule has 4 rings (SSSR count). The summed E-state index contributed by atoms with van der Waals surface area (Å²) in [7, 11) is -1.01. The van der Waals surface area contributed by atoms with Crippen LogP contribution in [0.5, 0.6) is 5.75 Å². The number of ether oxygens (including phenoxy) is 4. The zero-order valence-corrected chi connectivity index (χ0v) is 25.7. The third-order valence-corrected chi connectivity index (χ3v) is 8.94. The average molecular weight is 638 g/mol. The van der Waals surface area contributed by atoms with Crippen LogP contribution in [0.2, 0.25) is 0 Å². The summed E-state index contributed by atoms with van der Waals surface area (Å²) in [5, 5.41) is 15.6. The minimum atomic E-state index is -3.86. The number of methoxy groups -OCH3 is 2. The number of carbonyl (C=O) groups excluding carboxylic acids is 1. The van der Waals surface area contributed by atoms with Crippen LogP contribution in [-0.4, -0.2) is 76.9 Å². The Balaban J connectivity index is 1.82. The van der Waals surface area contributed by atoms with E-state index in [-0.39, 0.29) is 36.1 Å². The van der Waals surface area contributed by atoms with E-state index in [1.807, 2.05) is 0 Å². The molecule has 14 heteroatoms. The van der Waals surface area contributed by atoms with Gasteiger partial charge in [-0.1, -0.05) is 47.6 Å². The van der Waals surface area contributed by atoms with Crippen molar-refractivity contribution < 1.29 is 37.3 Å². The Bertz CT molecular complexity index is 1630. The van der Waals surface area contributed by atoms with Crippen molar-refractivity contribution in [2.75, 3.05) is 39.7 Å². The number of aliphatic hydroxyl groups excluding tert-OH is 1. The van der Waals surface area contributed by atoms with Crippen LogP contribution < -0.4 is 10.1 Å². The van der Waals surface area contributed by atoms with Crippen LogP contribution in [0.15, 0.2) is 93.9 Å². The third kappa shape index (κ3) is 7.98. The predicted octanol–water partition coefficient (Wildman–Crippen LogP) is 4.25. The number of sulfone groups is 1. The summed E-state index contributed by atoms with van der Waals surface area (Å²) in [6.07, 6.45) is -1.76. The lowest BCUT2D eigenvalue weighted by Crippen LogP contribution is -2.51. The summed E-state index contributed by atoms with van der Waals surface area (Å²) >= 11 is 0. The van der Waals surface area contributed by atoms with Crippen molar-refractivity contribution in [1.82, 2.24) is 5.32 Å². The summed E-state index contributed by atoms with van der Waals surface area (Å²) < 4.78 is 49.4. The molecule has 2 atom stereocenters. The van der Waals surface area contributed by atoms with E-state index in [4.69, 9.17) is 29.0 Å². The summed E-state index contributed by atoms with van der Waals surface area (Å²) in [5.74, 6) is -0.441. The Morgan fingerprint density at radius 3 is 2.44 bits per heavy atom. The molecule has 0 aromatic heterocycles. The zero-order chi connectivity index (χ0) is 32.3. The van der Waals surface area contributed by atoms with E-state index in [0.717, 1.165) is 0 Å². The fourth-order valence-electron chi connectivity index (χ4n) is 4.82. The highest BCUT2D eigenvalue weighted by Crippen LogP contribution is 2.46. The van der Waals surface area contributed by atoms with E-state index in [1.165, 1.54) is 26.4 Å². The number of benzene rings is 3. The molecule has 1 aliphatic rings. The molecule has 1 heterocycles. The zero-order valence-electron chi connectivity index (χ0n) is 24.9. The molecule has 3 aromatic carbocycles. The minimum absolute atomic E-state index is 0.00108. The maximum atomic E-state index is 14.2. The van der Waals surface area contributed by atoms with Gasteiger partial charge in [0.2, 0.25) is 5.90 Å². The molecule has 0 aliphatic carbocycles. The number of aliphatic imine (C=N–C) groups is 1. The molecule has 238 valence electrons. The fraction of sp³-hybridized carbons (Fsp3) is 0.355. The second-order valence-corrected chi connectivity index (χ2v) is 12.1. The molecule has 0 saturated carbocycles. The summed E-state index contributed by atoms with van der Waals surface area (Å²) in [5.41, 5.74) is 8.50. The molecule has 1 amide bonds. The first-order valence-electron chi connectivity index (χ1n) is 14.1. The van der Waals surface area contributed by atoms with Crippen molar-refractivity contribution in [2.24, 2.45) is 10.1 Å². The van der Waals surface area contributed by atoms with Gasteiger partial charge >= 0.3 is 0 Å². The summed E-state index contributed by atoms with van der Waals surface area (Å²) in [6, 6.07) is 21.3. The van der Waals surface area contributed by atoms with E-state index in [0.29, 0.717) is 29.9 Å². The maximum absolute atomic E-state index is 14.2. The van der Waals surface area contributed by atoms with E-state index in [1.54, 1.807) is 66.7 Å². The van der Waals surface area contributed by atoms with Crippen molar-refractivity contribution in [1.29, 1.82) is 0 Å². The van der Waals surface area contributed by atoms with E-state index in [2.05, 4.69) is 15.3 Å². The topological polar surface area (TPSA) is 182 Å². The molecule has 3 aromatic rings. The highest BCUT2D eigenvalue weighted by Gasteiger charge is 2.54. The van der Waals surface area contributed by atoms with Gasteiger partial charge in [0, 0.05) is 55.4 Å². The fourth-order valence-corrected chi connectivity index (χ4v) is 6.21. The van der Waals surface area contributed by atoms with E-state index >= 15 is 0 Å². The number of azide groups is 1. The van der Waals surface area contributed by atoms with Gasteiger partial charge in [-0.15, -0.1) is 0 Å². The molecule has 0 radical (unpaired) electrons. The lowest BCUT2D eigenvalue weighted by atomic mass is 9.84. The Morgan fingerprint density at radius 1 is 1.09 bits per heavy atom. The first-order valence-corrected chi connectivity index (χ1v) is 15.8. The minimum Gasteiger partial charge on any atom is -0.494 e. The Kier molecular flexibility index (Phi) is 11.5. The third-order valence-electron chi connectivity index (χ3n) is 7.21. The normalized spacial score (nSPS) is 17.7. The number of aliphatic hydroxyl groups is 1. The molecule has 13 nitrogen and oxygen atoms in total. The van der Waals surface area contributed by atoms with Crippen molar-refractivity contribution in [3.8, 4) is 5.75 Å². The van der Waals surface area contributed by atoms with Crippen molar-refractivity contribution in [2.45, 2.75) is 35.7 Å². The van der Waals surface area contributed by atoms with Crippen molar-refractivity contribution in [3.05, 3.63) is 100 Å². The Labute approximate surface area is 261 Å². The highest BCUT2D eigenvalue weighted by atomic mass is 32.2. The first kappa shape index (κ1) is 33.4. The van der Waals surface area contributed by atoms with Crippen LogP contribution in [0.1, 0.15) is 30.1 Å². The second-order valence-electron chi connectivity index (χ2n) is 10.0. The molecule has 45 heavy (non-hydrogen) atoms. The van der Waals surface area contributed by atoms with Gasteiger partial charge < -0.3 is 29.4 Å². The standard InChI is InChI=1S/C31H35N5O8S/c1-41-27(42-2)21-33-30(38)31(17-20-45(39,40)24-9-4-3-5-10-24)28(25-11-6-7-12-26(25)35-36-32)44-29(34-31)22-13-15-23(16-14-22)43-19-8-18-37/h3-7,9-16,27-28,37H,8,17-21H2,1-2H3,(H,33,38)/t28-,31-/m1/s1. The molecular weight excluding hydrogens is 602 g/mol. The number of amides is 1. The molecule has 0 bridgehead atoms. The van der Waals surface area contributed by atoms with Crippen LogP contribution in [0.25, 0.3) is 10.4 Å². The quantitative estimate of drug-likeness (QED) is 0.0768. The number of nitrogens with zero attached hydrogens (tertiary/aromatic N) is 4. The largest absolute Gasteiger partial charge is 0.494 e. The van der Waals surface area contributed by atoms with Crippen molar-refractivity contribution >= 4 is 27.3 Å². The predicted molar refractivity (Wildman–Crippen MR) is 166 cm³/mol. The van der Waals surface area contributed by atoms with Crippen LogP contribution in [0, 0.1) is 0 Å². The van der Waals surface area contributed by atoms with Gasteiger partial charge in [-0.05, 0) is 41.9 Å². The number of hydrogen-bond donors (Lipinski definition) is 2. The van der Waals surface area contributed by atoms with Gasteiger partial charge in [0.25, 0.3) is 5.91 Å². The van der Waals surface area contributed by atoms with Gasteiger partial charge in [-0.2, -0.15) is 0 Å². The first-order chi connectivity index (χ1) is 21.8. The van der Waals surface area contributed by atoms with Gasteiger partial charge in [0.05, 0.1) is 23.8 Å². The second kappa shape index (κ2) is 15.5. The van der Waals surface area contributed by atoms with Gasteiger partial charge in [-0.25, -0.2) is 13.4 Å². The molecular formula is C31H35N5O8S. The van der Waals surface area contributed by atoms with Crippen molar-refractivity contribution in [3.63, 3.8) is 0 Å². The molecule has 0 spiro atoms. The molecule has 0 saturated heterocycles. The highest BCUT2D eigenvalue weighted by molar-refractivity contribution is 7.91. The van der Waals surface area contributed by atoms with Gasteiger partial charge in [0.15, 0.2) is 27.8 Å². The molecule has 2 N–H and O–H groups in total. The number of carbonyl (C=O) groups is 1. The van der Waals surface area contributed by atoms with Crippen LogP contribution in [0.3, 0.4) is 0 Å².